The van der Waals surface area contributed by atoms with Crippen LogP contribution in [0.2, 0.25) is 0 Å². The molecule has 1 aliphatic carbocycles. The van der Waals surface area contributed by atoms with Gasteiger partial charge in [0.05, 0.1) is 0 Å². The summed E-state index contributed by atoms with van der Waals surface area (Å²) >= 11 is 0. The zero-order valence-corrected chi connectivity index (χ0v) is 11.4. The first-order valence-electron chi connectivity index (χ1n) is 7.26. The molecule has 0 aromatic heterocycles. The van der Waals surface area contributed by atoms with Crippen molar-refractivity contribution >= 4 is 0 Å². The van der Waals surface area contributed by atoms with Crippen LogP contribution in [0.4, 0.5) is 8.78 Å². The predicted molar refractivity (Wildman–Crippen MR) is 75.1 cm³/mol. The molecule has 2 unspecified atom stereocenters. The van der Waals surface area contributed by atoms with E-state index in [0.717, 1.165) is 30.7 Å². The Labute approximate surface area is 114 Å². The summed E-state index contributed by atoms with van der Waals surface area (Å²) in [6.07, 6.45) is 10.2. The first kappa shape index (κ1) is 14.2. The maximum atomic E-state index is 13.3. The third-order valence-electron chi connectivity index (χ3n) is 4.22. The van der Waals surface area contributed by atoms with Crippen molar-refractivity contribution in [3.8, 4) is 0 Å². The molecule has 104 valence electrons. The molecule has 0 amide bonds. The van der Waals surface area contributed by atoms with Gasteiger partial charge in [-0.3, -0.25) is 0 Å². The lowest BCUT2D eigenvalue weighted by atomic mass is 9.76. The van der Waals surface area contributed by atoms with Crippen LogP contribution in [0.15, 0.2) is 30.9 Å². The molecule has 19 heavy (non-hydrogen) atoms. The summed E-state index contributed by atoms with van der Waals surface area (Å²) in [5.74, 6) is -0.335. The van der Waals surface area contributed by atoms with Crippen LogP contribution >= 0.6 is 0 Å². The minimum absolute atomic E-state index is 0.401. The van der Waals surface area contributed by atoms with Crippen LogP contribution in [-0.4, -0.2) is 0 Å². The van der Waals surface area contributed by atoms with Crippen molar-refractivity contribution < 1.29 is 8.78 Å². The lowest BCUT2D eigenvalue weighted by Gasteiger charge is -2.29. The van der Waals surface area contributed by atoms with E-state index in [-0.39, 0.29) is 0 Å². The summed E-state index contributed by atoms with van der Waals surface area (Å²) in [7, 11) is 0. The Bertz CT molecular complexity index is 425. The highest BCUT2D eigenvalue weighted by atomic mass is 19.2. The van der Waals surface area contributed by atoms with Gasteiger partial charge in [-0.25, -0.2) is 8.78 Å². The van der Waals surface area contributed by atoms with Crippen molar-refractivity contribution in [2.75, 3.05) is 0 Å². The van der Waals surface area contributed by atoms with Gasteiger partial charge in [-0.2, -0.15) is 0 Å². The summed E-state index contributed by atoms with van der Waals surface area (Å²) in [4.78, 5) is 0. The highest BCUT2D eigenvalue weighted by molar-refractivity contribution is 5.22. The molecule has 0 N–H and O–H groups in total. The normalized spacial score (nSPS) is 23.3. The fourth-order valence-electron chi connectivity index (χ4n) is 3.17. The van der Waals surface area contributed by atoms with E-state index in [1.54, 1.807) is 6.07 Å². The van der Waals surface area contributed by atoms with Crippen molar-refractivity contribution in [3.05, 3.63) is 48.1 Å². The summed E-state index contributed by atoms with van der Waals surface area (Å²) in [5, 5.41) is 0. The average Bonchev–Trinajstić information content (AvgIpc) is 2.43. The monoisotopic (exact) mass is 264 g/mol. The fourth-order valence-corrected chi connectivity index (χ4v) is 3.17. The van der Waals surface area contributed by atoms with E-state index in [9.17, 15) is 8.78 Å². The molecule has 0 spiro atoms. The Morgan fingerprint density at radius 1 is 1.21 bits per heavy atom. The first-order valence-corrected chi connectivity index (χ1v) is 7.26. The van der Waals surface area contributed by atoms with Crippen LogP contribution < -0.4 is 0 Å². The fraction of sp³-hybridized carbons (Fsp3) is 0.529. The van der Waals surface area contributed by atoms with E-state index in [4.69, 9.17) is 0 Å². The zero-order chi connectivity index (χ0) is 13.7. The summed E-state index contributed by atoms with van der Waals surface area (Å²) in [5.41, 5.74) is 0.965. The molecule has 0 radical (unpaired) electrons. The second-order valence-electron chi connectivity index (χ2n) is 5.62. The molecular formula is C17H22F2. The SMILES string of the molecule is C=CCCCC1CCCC(c2ccc(F)c(F)c2)C1. The van der Waals surface area contributed by atoms with E-state index in [2.05, 4.69) is 6.58 Å². The first-order chi connectivity index (χ1) is 9.20. The average molecular weight is 264 g/mol. The maximum Gasteiger partial charge on any atom is 0.159 e. The van der Waals surface area contributed by atoms with Crippen molar-refractivity contribution in [3.63, 3.8) is 0 Å². The highest BCUT2D eigenvalue weighted by Gasteiger charge is 2.23. The second kappa shape index (κ2) is 6.83. The van der Waals surface area contributed by atoms with Gasteiger partial charge in [0.1, 0.15) is 0 Å². The van der Waals surface area contributed by atoms with Gasteiger partial charge >= 0.3 is 0 Å². The molecule has 2 heteroatoms. The third kappa shape index (κ3) is 3.89. The second-order valence-corrected chi connectivity index (χ2v) is 5.62. The molecule has 0 aliphatic heterocycles. The molecule has 0 saturated heterocycles. The van der Waals surface area contributed by atoms with Gasteiger partial charge < -0.3 is 0 Å². The van der Waals surface area contributed by atoms with E-state index in [1.807, 2.05) is 6.08 Å². The number of benzene rings is 1. The van der Waals surface area contributed by atoms with E-state index >= 15 is 0 Å². The molecule has 1 aliphatic rings. The van der Waals surface area contributed by atoms with E-state index < -0.39 is 11.6 Å². The van der Waals surface area contributed by atoms with E-state index in [0.29, 0.717) is 5.92 Å². The van der Waals surface area contributed by atoms with Gasteiger partial charge in [0, 0.05) is 0 Å². The smallest absolute Gasteiger partial charge is 0.159 e. The molecule has 2 rings (SSSR count). The third-order valence-corrected chi connectivity index (χ3v) is 4.22. The Morgan fingerprint density at radius 2 is 2.05 bits per heavy atom. The van der Waals surface area contributed by atoms with Gasteiger partial charge in [-0.05, 0) is 55.2 Å². The van der Waals surface area contributed by atoms with Crippen LogP contribution in [0.1, 0.15) is 56.4 Å². The molecule has 1 saturated carbocycles. The minimum Gasteiger partial charge on any atom is -0.204 e. The van der Waals surface area contributed by atoms with Gasteiger partial charge in [0.2, 0.25) is 0 Å². The van der Waals surface area contributed by atoms with Crippen LogP contribution in [0.25, 0.3) is 0 Å². The van der Waals surface area contributed by atoms with Gasteiger partial charge in [-0.1, -0.05) is 31.4 Å². The molecule has 1 fully saturated rings. The Balaban J connectivity index is 1.96. The number of rotatable bonds is 5. The van der Waals surface area contributed by atoms with E-state index in [1.165, 1.54) is 37.8 Å². The quantitative estimate of drug-likeness (QED) is 0.480. The molecule has 0 bridgehead atoms. The highest BCUT2D eigenvalue weighted by Crippen LogP contribution is 2.38. The van der Waals surface area contributed by atoms with Crippen LogP contribution in [0.3, 0.4) is 0 Å². The lowest BCUT2D eigenvalue weighted by molar-refractivity contribution is 0.301. The van der Waals surface area contributed by atoms with Gasteiger partial charge in [0.15, 0.2) is 11.6 Å². The Hall–Kier alpha value is -1.18. The number of hydrogen-bond donors (Lipinski definition) is 0. The van der Waals surface area contributed by atoms with Gasteiger partial charge in [-0.15, -0.1) is 6.58 Å². The minimum atomic E-state index is -0.748. The van der Waals surface area contributed by atoms with Crippen LogP contribution in [-0.2, 0) is 0 Å². The number of hydrogen-bond acceptors (Lipinski definition) is 0. The van der Waals surface area contributed by atoms with Crippen molar-refractivity contribution in [1.29, 1.82) is 0 Å². The summed E-state index contributed by atoms with van der Waals surface area (Å²) in [6.45, 7) is 3.75. The Morgan fingerprint density at radius 3 is 2.79 bits per heavy atom. The zero-order valence-electron chi connectivity index (χ0n) is 11.4. The predicted octanol–water partition coefficient (Wildman–Crippen LogP) is 5.59. The Kier molecular flexibility index (Phi) is 5.12. The van der Waals surface area contributed by atoms with Crippen molar-refractivity contribution in [2.24, 2.45) is 5.92 Å². The molecule has 0 heterocycles. The molecule has 2 atom stereocenters. The summed E-state index contributed by atoms with van der Waals surface area (Å²) < 4.78 is 26.3. The molecule has 0 nitrogen and oxygen atoms in total. The summed E-state index contributed by atoms with van der Waals surface area (Å²) in [6, 6.07) is 4.38. The largest absolute Gasteiger partial charge is 0.204 e. The lowest BCUT2D eigenvalue weighted by Crippen LogP contribution is -2.14. The number of unbranched alkanes of at least 4 members (excludes halogenated alkanes) is 1. The maximum absolute atomic E-state index is 13.3. The number of halogens is 2. The standard InChI is InChI=1S/C17H22F2/c1-2-3-4-6-13-7-5-8-14(11-13)15-9-10-16(18)17(19)12-15/h2,9-10,12-14H,1,3-8,11H2. The van der Waals surface area contributed by atoms with Gasteiger partial charge in [0.25, 0.3) is 0 Å². The number of allylic oxidation sites excluding steroid dienone is 1. The molecule has 1 aromatic carbocycles. The van der Waals surface area contributed by atoms with Crippen LogP contribution in [0.5, 0.6) is 0 Å². The van der Waals surface area contributed by atoms with Crippen molar-refractivity contribution in [1.82, 2.24) is 0 Å². The molecule has 1 aromatic rings. The van der Waals surface area contributed by atoms with Crippen LogP contribution in [0, 0.1) is 17.6 Å². The molecular weight excluding hydrogens is 242 g/mol. The van der Waals surface area contributed by atoms with Crippen molar-refractivity contribution in [2.45, 2.75) is 50.9 Å². The topological polar surface area (TPSA) is 0 Å².